The van der Waals surface area contributed by atoms with Gasteiger partial charge in [0.15, 0.2) is 5.11 Å². The summed E-state index contributed by atoms with van der Waals surface area (Å²) in [4.78, 5) is 2.28. The van der Waals surface area contributed by atoms with Crippen LogP contribution in [-0.2, 0) is 0 Å². The number of hydrogen-bond donors (Lipinski definition) is 1. The van der Waals surface area contributed by atoms with Crippen LogP contribution >= 0.6 is 12.2 Å². The second-order valence-corrected chi connectivity index (χ2v) is 5.38. The van der Waals surface area contributed by atoms with Gasteiger partial charge in [0, 0.05) is 18.8 Å². The molecule has 1 aliphatic heterocycles. The molecule has 0 aromatic heterocycles. The molecule has 17 heavy (non-hydrogen) atoms. The monoisotopic (exact) mass is 248 g/mol. The van der Waals surface area contributed by atoms with Gasteiger partial charge in [0.25, 0.3) is 0 Å². The van der Waals surface area contributed by atoms with Gasteiger partial charge in [-0.1, -0.05) is 19.1 Å². The lowest BCUT2D eigenvalue weighted by Crippen LogP contribution is -2.41. The Bertz CT molecular complexity index is 403. The first kappa shape index (κ1) is 12.4. The standard InChI is InChI=1S/C14H20N2S/c1-11-5-3-7-13(9-11)15-14(17)16-8-4-6-12(2)10-16/h3,5,7,9,12H,4,6,8,10H2,1-2H3,(H,15,17). The highest BCUT2D eigenvalue weighted by Crippen LogP contribution is 2.17. The molecule has 2 rings (SSSR count). The zero-order chi connectivity index (χ0) is 12.3. The number of piperidine rings is 1. The maximum atomic E-state index is 5.47. The van der Waals surface area contributed by atoms with E-state index < -0.39 is 0 Å². The number of aryl methyl sites for hydroxylation is 1. The Morgan fingerprint density at radius 3 is 3.00 bits per heavy atom. The van der Waals surface area contributed by atoms with E-state index in [1.165, 1.54) is 18.4 Å². The minimum atomic E-state index is 0.751. The van der Waals surface area contributed by atoms with Gasteiger partial charge in [-0.3, -0.25) is 0 Å². The van der Waals surface area contributed by atoms with Gasteiger partial charge in [-0.05, 0) is 55.6 Å². The summed E-state index contributed by atoms with van der Waals surface area (Å²) in [5.41, 5.74) is 2.35. The first-order valence-corrected chi connectivity index (χ1v) is 6.68. The van der Waals surface area contributed by atoms with E-state index in [-0.39, 0.29) is 0 Å². The number of anilines is 1. The summed E-state index contributed by atoms with van der Waals surface area (Å²) in [6.07, 6.45) is 2.57. The van der Waals surface area contributed by atoms with E-state index in [0.717, 1.165) is 29.8 Å². The molecular formula is C14H20N2S. The van der Waals surface area contributed by atoms with Crippen molar-refractivity contribution >= 4 is 23.0 Å². The van der Waals surface area contributed by atoms with E-state index in [4.69, 9.17) is 12.2 Å². The smallest absolute Gasteiger partial charge is 0.173 e. The Morgan fingerprint density at radius 2 is 2.29 bits per heavy atom. The molecule has 1 heterocycles. The SMILES string of the molecule is Cc1cccc(NC(=S)N2CCCC(C)C2)c1. The average molecular weight is 248 g/mol. The van der Waals surface area contributed by atoms with Crippen molar-refractivity contribution in [1.82, 2.24) is 4.90 Å². The van der Waals surface area contributed by atoms with Crippen molar-refractivity contribution in [2.24, 2.45) is 5.92 Å². The van der Waals surface area contributed by atoms with Crippen LogP contribution in [0.2, 0.25) is 0 Å². The predicted molar refractivity (Wildman–Crippen MR) is 77.4 cm³/mol. The lowest BCUT2D eigenvalue weighted by Gasteiger charge is -2.33. The lowest BCUT2D eigenvalue weighted by molar-refractivity contribution is 0.276. The van der Waals surface area contributed by atoms with Crippen molar-refractivity contribution in [1.29, 1.82) is 0 Å². The average Bonchev–Trinajstić information content (AvgIpc) is 2.29. The van der Waals surface area contributed by atoms with Crippen LogP contribution in [0, 0.1) is 12.8 Å². The summed E-state index contributed by atoms with van der Waals surface area (Å²) >= 11 is 5.47. The number of nitrogens with zero attached hydrogens (tertiary/aromatic N) is 1. The zero-order valence-electron chi connectivity index (χ0n) is 10.6. The fourth-order valence-electron chi connectivity index (χ4n) is 2.30. The topological polar surface area (TPSA) is 15.3 Å². The number of benzene rings is 1. The Morgan fingerprint density at radius 1 is 1.47 bits per heavy atom. The molecular weight excluding hydrogens is 228 g/mol. The van der Waals surface area contributed by atoms with Crippen molar-refractivity contribution in [3.8, 4) is 0 Å². The largest absolute Gasteiger partial charge is 0.349 e. The second-order valence-electron chi connectivity index (χ2n) is 4.99. The summed E-state index contributed by atoms with van der Waals surface area (Å²) in [7, 11) is 0. The van der Waals surface area contributed by atoms with Gasteiger partial charge < -0.3 is 10.2 Å². The van der Waals surface area contributed by atoms with E-state index in [2.05, 4.69) is 48.3 Å². The van der Waals surface area contributed by atoms with Gasteiger partial charge in [-0.15, -0.1) is 0 Å². The molecule has 0 aliphatic carbocycles. The van der Waals surface area contributed by atoms with Gasteiger partial charge >= 0.3 is 0 Å². The number of thiocarbonyl (C=S) groups is 1. The molecule has 1 fully saturated rings. The summed E-state index contributed by atoms with van der Waals surface area (Å²) in [5.74, 6) is 0.751. The van der Waals surface area contributed by atoms with E-state index in [0.29, 0.717) is 0 Å². The molecule has 1 N–H and O–H groups in total. The molecule has 1 aromatic rings. The quantitative estimate of drug-likeness (QED) is 0.767. The first-order chi connectivity index (χ1) is 8.15. The molecule has 2 nitrogen and oxygen atoms in total. The van der Waals surface area contributed by atoms with Crippen LogP contribution in [0.15, 0.2) is 24.3 Å². The molecule has 1 atom stereocenters. The molecule has 1 aromatic carbocycles. The van der Waals surface area contributed by atoms with Crippen molar-refractivity contribution in [3.05, 3.63) is 29.8 Å². The Labute approximate surface area is 109 Å². The van der Waals surface area contributed by atoms with Gasteiger partial charge in [0.05, 0.1) is 0 Å². The van der Waals surface area contributed by atoms with Gasteiger partial charge in [-0.25, -0.2) is 0 Å². The Balaban J connectivity index is 1.96. The van der Waals surface area contributed by atoms with Crippen molar-refractivity contribution in [2.45, 2.75) is 26.7 Å². The minimum absolute atomic E-state index is 0.751. The predicted octanol–water partition coefficient (Wildman–Crippen LogP) is 3.42. The maximum absolute atomic E-state index is 5.47. The molecule has 1 saturated heterocycles. The van der Waals surface area contributed by atoms with E-state index in [9.17, 15) is 0 Å². The first-order valence-electron chi connectivity index (χ1n) is 6.28. The van der Waals surface area contributed by atoms with Crippen molar-refractivity contribution in [2.75, 3.05) is 18.4 Å². The van der Waals surface area contributed by atoms with Gasteiger partial charge in [0.2, 0.25) is 0 Å². The van der Waals surface area contributed by atoms with Crippen LogP contribution in [-0.4, -0.2) is 23.1 Å². The van der Waals surface area contributed by atoms with E-state index >= 15 is 0 Å². The van der Waals surface area contributed by atoms with Gasteiger partial charge in [0.1, 0.15) is 0 Å². The van der Waals surface area contributed by atoms with Crippen LogP contribution in [0.1, 0.15) is 25.3 Å². The summed E-state index contributed by atoms with van der Waals surface area (Å²) in [6.45, 7) is 6.55. The molecule has 1 unspecified atom stereocenters. The van der Waals surface area contributed by atoms with Crippen LogP contribution in [0.3, 0.4) is 0 Å². The molecule has 0 saturated carbocycles. The second kappa shape index (κ2) is 5.50. The molecule has 0 amide bonds. The third-order valence-electron chi connectivity index (χ3n) is 3.21. The van der Waals surface area contributed by atoms with Gasteiger partial charge in [-0.2, -0.15) is 0 Å². The molecule has 0 spiro atoms. The van der Waals surface area contributed by atoms with Crippen LogP contribution in [0.4, 0.5) is 5.69 Å². The molecule has 0 radical (unpaired) electrons. The highest BCUT2D eigenvalue weighted by atomic mass is 32.1. The number of nitrogens with one attached hydrogen (secondary N) is 1. The van der Waals surface area contributed by atoms with E-state index in [1.807, 2.05) is 0 Å². The Hall–Kier alpha value is -1.09. The summed E-state index contributed by atoms with van der Waals surface area (Å²) in [5, 5.41) is 4.19. The molecule has 0 bridgehead atoms. The normalized spacial score (nSPS) is 20.1. The summed E-state index contributed by atoms with van der Waals surface area (Å²) < 4.78 is 0. The fourth-order valence-corrected chi connectivity index (χ4v) is 2.58. The zero-order valence-corrected chi connectivity index (χ0v) is 11.4. The number of likely N-dealkylation sites (tertiary alicyclic amines) is 1. The highest BCUT2D eigenvalue weighted by Gasteiger charge is 2.18. The Kier molecular flexibility index (Phi) is 4.00. The van der Waals surface area contributed by atoms with Crippen molar-refractivity contribution in [3.63, 3.8) is 0 Å². The third kappa shape index (κ3) is 3.43. The fraction of sp³-hybridized carbons (Fsp3) is 0.500. The number of hydrogen-bond acceptors (Lipinski definition) is 1. The molecule has 92 valence electrons. The highest BCUT2D eigenvalue weighted by molar-refractivity contribution is 7.80. The van der Waals surface area contributed by atoms with E-state index in [1.54, 1.807) is 0 Å². The molecule has 3 heteroatoms. The maximum Gasteiger partial charge on any atom is 0.173 e. The third-order valence-corrected chi connectivity index (χ3v) is 3.57. The molecule has 1 aliphatic rings. The van der Waals surface area contributed by atoms with Crippen LogP contribution < -0.4 is 5.32 Å². The summed E-state index contributed by atoms with van der Waals surface area (Å²) in [6, 6.07) is 8.34. The number of rotatable bonds is 1. The van der Waals surface area contributed by atoms with Crippen LogP contribution in [0.5, 0.6) is 0 Å². The minimum Gasteiger partial charge on any atom is -0.349 e. The van der Waals surface area contributed by atoms with Crippen LogP contribution in [0.25, 0.3) is 0 Å². The van der Waals surface area contributed by atoms with Crippen molar-refractivity contribution < 1.29 is 0 Å². The lowest BCUT2D eigenvalue weighted by atomic mass is 10.0.